The van der Waals surface area contributed by atoms with Gasteiger partial charge in [0.1, 0.15) is 11.9 Å². The molecule has 13 heteroatoms. The molecule has 3 amide bonds. The predicted octanol–water partition coefficient (Wildman–Crippen LogP) is 9.79. The summed E-state index contributed by atoms with van der Waals surface area (Å²) in [4.78, 5) is 64.3. The highest BCUT2D eigenvalue weighted by atomic mass is 32.2. The number of amides is 3. The van der Waals surface area contributed by atoms with Crippen molar-refractivity contribution in [1.29, 1.82) is 0 Å². The number of rotatable bonds is 12. The van der Waals surface area contributed by atoms with Gasteiger partial charge in [0, 0.05) is 51.9 Å². The number of carbonyl (C=O) groups excluding carboxylic acids is 3. The summed E-state index contributed by atoms with van der Waals surface area (Å²) >= 11 is 1.34. The number of carboxylic acids is 1. The molecule has 6 aromatic carbocycles. The molecule has 2 unspecified atom stereocenters. The topological polar surface area (TPSA) is 153 Å². The second-order valence-electron chi connectivity index (χ2n) is 19.0. The molecule has 2 aliphatic heterocycles. The third kappa shape index (κ3) is 8.60. The van der Waals surface area contributed by atoms with E-state index in [4.69, 9.17) is 10.7 Å². The van der Waals surface area contributed by atoms with Crippen LogP contribution < -0.4 is 5.73 Å². The fraction of sp³-hybridized carbons (Fsp3) is 0.276. The Morgan fingerprint density at radius 1 is 0.732 bits per heavy atom. The summed E-state index contributed by atoms with van der Waals surface area (Å²) in [5, 5.41) is 11.3. The maximum Gasteiger partial charge on any atom is 0.334 e. The third-order valence-electron chi connectivity index (χ3n) is 15.2. The van der Waals surface area contributed by atoms with Gasteiger partial charge >= 0.3 is 11.9 Å². The number of para-hydroxylation sites is 4. The number of hydrogen-bond acceptors (Lipinski definition) is 7. The summed E-state index contributed by atoms with van der Waals surface area (Å²) in [6, 6.07) is 49.5. The first-order chi connectivity index (χ1) is 34.5. The monoisotopic (exact) mass is 964 g/mol. The van der Waals surface area contributed by atoms with Crippen LogP contribution in [0.1, 0.15) is 67.1 Å². The first kappa shape index (κ1) is 47.3. The third-order valence-corrected chi connectivity index (χ3v) is 16.2. The van der Waals surface area contributed by atoms with Crippen molar-refractivity contribution in [2.24, 2.45) is 19.8 Å². The normalized spacial score (nSPS) is 20.5. The molecule has 0 saturated carbocycles. The summed E-state index contributed by atoms with van der Waals surface area (Å²) in [6.07, 6.45) is 5.17. The number of fused-ring (bicyclic) bond motifs is 3. The first-order valence-corrected chi connectivity index (χ1v) is 25.5. The molecule has 360 valence electrons. The van der Waals surface area contributed by atoms with Crippen LogP contribution in [0.5, 0.6) is 0 Å². The van der Waals surface area contributed by atoms with E-state index in [1.165, 1.54) is 22.9 Å². The minimum atomic E-state index is -1.39. The summed E-state index contributed by atoms with van der Waals surface area (Å²) in [5.74, 6) is -0.424. The molecule has 4 atom stereocenters. The van der Waals surface area contributed by atoms with Crippen molar-refractivity contribution in [3.63, 3.8) is 0 Å². The number of thioether (sulfide) groups is 1. The fourth-order valence-electron chi connectivity index (χ4n) is 11.8. The van der Waals surface area contributed by atoms with Crippen molar-refractivity contribution in [2.45, 2.75) is 74.1 Å². The maximum atomic E-state index is 14.3. The Kier molecular flexibility index (Phi) is 13.2. The van der Waals surface area contributed by atoms with Crippen LogP contribution in [0.2, 0.25) is 0 Å². The minimum absolute atomic E-state index is 0.0494. The number of hydrogen-bond donors (Lipinski definition) is 2. The number of aryl methyl sites for hydroxylation is 4. The lowest BCUT2D eigenvalue weighted by Crippen LogP contribution is -2.61. The zero-order chi connectivity index (χ0) is 49.3. The van der Waals surface area contributed by atoms with Gasteiger partial charge in [-0.2, -0.15) is 0 Å². The number of primary amides is 1. The van der Waals surface area contributed by atoms with Crippen LogP contribution >= 0.6 is 11.8 Å². The zero-order valence-electron chi connectivity index (χ0n) is 40.1. The molecule has 2 aromatic heterocycles. The van der Waals surface area contributed by atoms with Crippen LogP contribution in [-0.4, -0.2) is 82.2 Å². The number of imidazole rings is 2. The largest absolute Gasteiger partial charge is 0.479 e. The lowest BCUT2D eigenvalue weighted by Gasteiger charge is -2.41. The molecule has 3 N–H and O–H groups in total. The number of benzene rings is 6. The molecule has 1 aliphatic carbocycles. The molecule has 3 aliphatic rings. The first-order valence-electron chi connectivity index (χ1n) is 24.5. The Morgan fingerprint density at radius 2 is 1.38 bits per heavy atom. The number of nitrogens with two attached hydrogens (primary N) is 1. The second kappa shape index (κ2) is 19.8. The van der Waals surface area contributed by atoms with E-state index in [1.807, 2.05) is 140 Å². The Hall–Kier alpha value is -7.35. The molecular formula is C58H58N7O5S+. The molecule has 0 bridgehead atoms. The summed E-state index contributed by atoms with van der Waals surface area (Å²) < 4.78 is 4.19. The molecule has 2 saturated heterocycles. The van der Waals surface area contributed by atoms with Crippen molar-refractivity contribution < 1.29 is 28.8 Å². The quantitative estimate of drug-likeness (QED) is 0.0907. The van der Waals surface area contributed by atoms with E-state index < -0.39 is 17.6 Å². The molecule has 4 heterocycles. The van der Waals surface area contributed by atoms with Gasteiger partial charge in [-0.15, -0.1) is 0 Å². The van der Waals surface area contributed by atoms with Gasteiger partial charge in [0.2, 0.25) is 5.91 Å². The van der Waals surface area contributed by atoms with E-state index in [9.17, 15) is 24.3 Å². The number of carboxylic acid groups (broad SMARTS) is 1. The Bertz CT molecular complexity index is 3300. The van der Waals surface area contributed by atoms with Crippen LogP contribution in [0.15, 0.2) is 157 Å². The second-order valence-corrected chi connectivity index (χ2v) is 19.9. The van der Waals surface area contributed by atoms with Gasteiger partial charge in [0.25, 0.3) is 5.91 Å². The molecule has 71 heavy (non-hydrogen) atoms. The smallest absolute Gasteiger partial charge is 0.334 e. The van der Waals surface area contributed by atoms with Gasteiger partial charge in [-0.25, -0.2) is 24.0 Å². The van der Waals surface area contributed by atoms with Crippen LogP contribution in [0.25, 0.3) is 44.3 Å². The number of quaternary nitrogens is 1. The maximum absolute atomic E-state index is 14.3. The Morgan fingerprint density at radius 3 is 2.07 bits per heavy atom. The van der Waals surface area contributed by atoms with Crippen LogP contribution in [0.3, 0.4) is 0 Å². The Labute approximate surface area is 417 Å². The fourth-order valence-corrected chi connectivity index (χ4v) is 12.7. The lowest BCUT2D eigenvalue weighted by molar-refractivity contribution is -0.888. The van der Waals surface area contributed by atoms with Gasteiger partial charge in [0.05, 0.1) is 40.8 Å². The van der Waals surface area contributed by atoms with E-state index in [0.717, 1.165) is 74.6 Å². The summed E-state index contributed by atoms with van der Waals surface area (Å²) in [5.41, 5.74) is 15.7. The SMILES string of the molecule is Cn1c(CCC(=O)[N+]2(C3CCc4ccc(-c5ccccc5)cc43)CCC[C@H]2C(N)=O)nc2ccccc21.Cn1c(SCC(=O)N2CCC[C@]2(C(=O)O)c2ccccc2-c2ccccc2)nc2ccccc21. The van der Waals surface area contributed by atoms with Crippen LogP contribution in [0.4, 0.5) is 0 Å². The zero-order valence-corrected chi connectivity index (χ0v) is 40.9. The number of aromatic nitrogens is 4. The highest BCUT2D eigenvalue weighted by Gasteiger charge is 2.57. The van der Waals surface area contributed by atoms with Gasteiger partial charge in [0.15, 0.2) is 16.7 Å². The van der Waals surface area contributed by atoms with Gasteiger partial charge in [-0.05, 0) is 83.0 Å². The van der Waals surface area contributed by atoms with Crippen molar-refractivity contribution >= 4 is 57.5 Å². The molecule has 11 rings (SSSR count). The number of carbonyl (C=O) groups is 4. The van der Waals surface area contributed by atoms with Crippen LogP contribution in [0, 0.1) is 0 Å². The lowest BCUT2D eigenvalue weighted by atomic mass is 9.82. The number of likely N-dealkylation sites (tertiary alicyclic amines) is 2. The molecule has 2 fully saturated rings. The van der Waals surface area contributed by atoms with Crippen LogP contribution in [-0.2, 0) is 51.7 Å². The van der Waals surface area contributed by atoms with E-state index in [-0.39, 0.29) is 34.0 Å². The van der Waals surface area contributed by atoms with E-state index in [1.54, 1.807) is 4.90 Å². The number of aliphatic carboxylic acids is 1. The van der Waals surface area contributed by atoms with Crippen molar-refractivity contribution in [3.8, 4) is 22.3 Å². The Balaban J connectivity index is 0.000000165. The van der Waals surface area contributed by atoms with Gasteiger partial charge in [-0.1, -0.05) is 133 Å². The van der Waals surface area contributed by atoms with Gasteiger partial charge in [-0.3, -0.25) is 9.59 Å². The molecular weight excluding hydrogens is 907 g/mol. The average Bonchev–Trinajstić information content (AvgIpc) is 4.26. The highest BCUT2D eigenvalue weighted by Crippen LogP contribution is 2.48. The standard InChI is InChI=1S/C31H32N4O2.C27H25N3O3S/c1-34-26-11-6-5-10-25(26)33-29(34)17-18-30(36)35(19-7-12-28(35)31(32)37)27-16-15-22-13-14-23(20-24(22)27)21-8-3-2-4-9-21;1-29-23-15-8-7-14-22(23)28-26(29)34-18-24(31)30-17-9-16-27(30,25(32)33)21-13-6-5-12-20(21)19-10-3-2-4-11-19/h2-6,8-11,13-14,20,27-28H,7,12,15-19H2,1H3,(H-,32,37);2-8,10-15H,9,16-18H2,1H3,(H,32,33)/p+1/t27?,28-,35?;27-/m01/s1. The van der Waals surface area contributed by atoms with E-state index >= 15 is 0 Å². The van der Waals surface area contributed by atoms with E-state index in [2.05, 4.69) is 39.9 Å². The average molecular weight is 965 g/mol. The molecule has 0 spiro atoms. The minimum Gasteiger partial charge on any atom is -0.479 e. The summed E-state index contributed by atoms with van der Waals surface area (Å²) in [6.45, 7) is 1.08. The highest BCUT2D eigenvalue weighted by molar-refractivity contribution is 7.99. The van der Waals surface area contributed by atoms with E-state index in [0.29, 0.717) is 50.8 Å². The van der Waals surface area contributed by atoms with Crippen molar-refractivity contribution in [1.82, 2.24) is 24.0 Å². The molecule has 8 aromatic rings. The van der Waals surface area contributed by atoms with Gasteiger partial charge < -0.3 is 24.9 Å². The molecule has 12 nitrogen and oxygen atoms in total. The predicted molar refractivity (Wildman–Crippen MR) is 278 cm³/mol. The summed E-state index contributed by atoms with van der Waals surface area (Å²) in [7, 11) is 3.93. The number of nitrogens with zero attached hydrogens (tertiary/aromatic N) is 6. The van der Waals surface area contributed by atoms with Crippen molar-refractivity contribution in [3.05, 3.63) is 174 Å². The van der Waals surface area contributed by atoms with Crippen molar-refractivity contribution in [2.75, 3.05) is 18.8 Å². The molecule has 0 radical (unpaired) electrons.